The van der Waals surface area contributed by atoms with E-state index in [0.29, 0.717) is 11.9 Å². The van der Waals surface area contributed by atoms with Crippen molar-refractivity contribution < 1.29 is 4.52 Å². The van der Waals surface area contributed by atoms with Crippen molar-refractivity contribution in [1.29, 1.82) is 0 Å². The third kappa shape index (κ3) is 3.45. The molecular formula is C14H20N4OS. The maximum Gasteiger partial charge on any atom is 0.227 e. The van der Waals surface area contributed by atoms with Gasteiger partial charge in [-0.25, -0.2) is 0 Å². The number of nitrogens with one attached hydrogen (secondary N) is 1. The number of nitrogens with zero attached hydrogens (tertiary/aromatic N) is 3. The molecule has 1 aliphatic heterocycles. The van der Waals surface area contributed by atoms with Crippen molar-refractivity contribution in [2.45, 2.75) is 25.8 Å². The first-order valence-corrected chi connectivity index (χ1v) is 8.01. The average Bonchev–Trinajstić information content (AvgIpc) is 3.09. The average molecular weight is 292 g/mol. The maximum atomic E-state index is 5.31. The van der Waals surface area contributed by atoms with Crippen LogP contribution in [-0.4, -0.2) is 47.3 Å². The number of hydrogen-bond acceptors (Lipinski definition) is 6. The molecule has 0 bridgehead atoms. The van der Waals surface area contributed by atoms with Gasteiger partial charge in [0.05, 0.1) is 4.88 Å². The Labute approximate surface area is 123 Å². The van der Waals surface area contributed by atoms with E-state index >= 15 is 0 Å². The van der Waals surface area contributed by atoms with Crippen molar-refractivity contribution >= 4 is 11.3 Å². The molecule has 1 saturated heterocycles. The van der Waals surface area contributed by atoms with Gasteiger partial charge < -0.3 is 14.7 Å². The van der Waals surface area contributed by atoms with Crippen molar-refractivity contribution in [3.8, 4) is 10.7 Å². The molecule has 2 aromatic heterocycles. The van der Waals surface area contributed by atoms with Gasteiger partial charge in [0, 0.05) is 32.1 Å². The van der Waals surface area contributed by atoms with Crippen LogP contribution < -0.4 is 5.32 Å². The Balaban J connectivity index is 1.47. The summed E-state index contributed by atoms with van der Waals surface area (Å²) in [6.45, 7) is 6.68. The highest BCUT2D eigenvalue weighted by Crippen LogP contribution is 2.21. The Kier molecular flexibility index (Phi) is 4.44. The molecule has 0 aliphatic carbocycles. The minimum absolute atomic E-state index is 0.595. The van der Waals surface area contributed by atoms with Gasteiger partial charge in [0.2, 0.25) is 11.7 Å². The number of hydrogen-bond donors (Lipinski definition) is 1. The Morgan fingerprint density at radius 1 is 1.55 bits per heavy atom. The molecule has 108 valence electrons. The van der Waals surface area contributed by atoms with Crippen molar-refractivity contribution in [2.75, 3.05) is 26.2 Å². The first kappa shape index (κ1) is 13.7. The summed E-state index contributed by atoms with van der Waals surface area (Å²) in [5.74, 6) is 1.46. The number of aromatic nitrogens is 2. The van der Waals surface area contributed by atoms with E-state index in [1.54, 1.807) is 11.3 Å². The second-order valence-electron chi connectivity index (χ2n) is 5.25. The summed E-state index contributed by atoms with van der Waals surface area (Å²) in [4.78, 5) is 8.02. The fraction of sp³-hybridized carbons (Fsp3) is 0.571. The molecule has 5 nitrogen and oxygen atoms in total. The third-order valence-electron chi connectivity index (χ3n) is 3.53. The van der Waals surface area contributed by atoms with Gasteiger partial charge in [0.1, 0.15) is 0 Å². The van der Waals surface area contributed by atoms with E-state index in [9.17, 15) is 0 Å². The van der Waals surface area contributed by atoms with Gasteiger partial charge in [-0.3, -0.25) is 0 Å². The summed E-state index contributed by atoms with van der Waals surface area (Å²) in [6.07, 6.45) is 1.93. The van der Waals surface area contributed by atoms with Crippen molar-refractivity contribution in [3.05, 3.63) is 23.4 Å². The molecular weight excluding hydrogens is 272 g/mol. The summed E-state index contributed by atoms with van der Waals surface area (Å²) in [7, 11) is 0. The van der Waals surface area contributed by atoms with Crippen LogP contribution in [0.3, 0.4) is 0 Å². The zero-order valence-electron chi connectivity index (χ0n) is 11.7. The summed E-state index contributed by atoms with van der Waals surface area (Å²) >= 11 is 1.64. The van der Waals surface area contributed by atoms with Crippen LogP contribution in [0.1, 0.15) is 19.2 Å². The highest BCUT2D eigenvalue weighted by atomic mass is 32.1. The van der Waals surface area contributed by atoms with E-state index in [-0.39, 0.29) is 0 Å². The summed E-state index contributed by atoms with van der Waals surface area (Å²) in [5.41, 5.74) is 0. The van der Waals surface area contributed by atoms with E-state index in [1.807, 2.05) is 17.5 Å². The molecule has 0 amide bonds. The lowest BCUT2D eigenvalue weighted by Crippen LogP contribution is -2.49. The Morgan fingerprint density at radius 2 is 2.50 bits per heavy atom. The summed E-state index contributed by atoms with van der Waals surface area (Å²) < 4.78 is 5.31. The molecule has 0 spiro atoms. The van der Waals surface area contributed by atoms with Crippen LogP contribution in [0.4, 0.5) is 0 Å². The molecule has 3 rings (SSSR count). The molecule has 2 aromatic rings. The lowest BCUT2D eigenvalue weighted by molar-refractivity contribution is 0.203. The van der Waals surface area contributed by atoms with Crippen molar-refractivity contribution in [3.63, 3.8) is 0 Å². The van der Waals surface area contributed by atoms with Crippen molar-refractivity contribution in [1.82, 2.24) is 20.4 Å². The first-order chi connectivity index (χ1) is 9.81. The normalized spacial score (nSPS) is 20.4. The van der Waals surface area contributed by atoms with Crippen LogP contribution in [0, 0.1) is 0 Å². The van der Waals surface area contributed by atoms with Gasteiger partial charge >= 0.3 is 0 Å². The minimum Gasteiger partial charge on any atom is -0.339 e. The van der Waals surface area contributed by atoms with Gasteiger partial charge in [-0.05, 0) is 31.3 Å². The highest BCUT2D eigenvalue weighted by Gasteiger charge is 2.15. The van der Waals surface area contributed by atoms with Crippen LogP contribution in [0.15, 0.2) is 22.0 Å². The van der Waals surface area contributed by atoms with E-state index < -0.39 is 0 Å². The lowest BCUT2D eigenvalue weighted by Gasteiger charge is -2.31. The van der Waals surface area contributed by atoms with Crippen LogP contribution in [0.2, 0.25) is 0 Å². The highest BCUT2D eigenvalue weighted by molar-refractivity contribution is 7.13. The molecule has 0 aromatic carbocycles. The zero-order valence-corrected chi connectivity index (χ0v) is 12.5. The van der Waals surface area contributed by atoms with Crippen LogP contribution in [0.5, 0.6) is 0 Å². The second-order valence-corrected chi connectivity index (χ2v) is 6.20. The number of thiophene rings is 1. The number of piperazine rings is 1. The quantitative estimate of drug-likeness (QED) is 0.914. The Hall–Kier alpha value is -1.24. The van der Waals surface area contributed by atoms with Gasteiger partial charge in [0.15, 0.2) is 0 Å². The van der Waals surface area contributed by atoms with Gasteiger partial charge in [-0.2, -0.15) is 4.98 Å². The van der Waals surface area contributed by atoms with E-state index in [0.717, 1.165) is 49.8 Å². The predicted molar refractivity (Wildman–Crippen MR) is 79.8 cm³/mol. The fourth-order valence-electron chi connectivity index (χ4n) is 2.53. The standard InChI is InChI=1S/C14H20N4OS/c1-11-10-18(8-6-15-11)7-2-5-13-16-14(17-19-13)12-4-3-9-20-12/h3-4,9,11,15H,2,5-8,10H2,1H3. The molecule has 6 heteroatoms. The van der Waals surface area contributed by atoms with E-state index in [2.05, 4.69) is 27.3 Å². The molecule has 1 atom stereocenters. The van der Waals surface area contributed by atoms with Gasteiger partial charge in [-0.1, -0.05) is 11.2 Å². The Bertz CT molecular complexity index is 525. The Morgan fingerprint density at radius 3 is 3.30 bits per heavy atom. The largest absolute Gasteiger partial charge is 0.339 e. The smallest absolute Gasteiger partial charge is 0.227 e. The summed E-state index contributed by atoms with van der Waals surface area (Å²) in [6, 6.07) is 4.61. The zero-order chi connectivity index (χ0) is 13.8. The monoisotopic (exact) mass is 292 g/mol. The molecule has 1 aliphatic rings. The van der Waals surface area contributed by atoms with Gasteiger partial charge in [0.25, 0.3) is 0 Å². The van der Waals surface area contributed by atoms with Crippen LogP contribution in [-0.2, 0) is 6.42 Å². The SMILES string of the molecule is CC1CN(CCCc2nc(-c3cccs3)no2)CCN1. The van der Waals surface area contributed by atoms with Crippen LogP contribution in [0.25, 0.3) is 10.7 Å². The second kappa shape index (κ2) is 6.47. The molecule has 0 radical (unpaired) electrons. The lowest BCUT2D eigenvalue weighted by atomic mass is 10.2. The summed E-state index contributed by atoms with van der Waals surface area (Å²) in [5, 5.41) is 9.52. The van der Waals surface area contributed by atoms with E-state index in [4.69, 9.17) is 4.52 Å². The number of rotatable bonds is 5. The number of aryl methyl sites for hydroxylation is 1. The fourth-order valence-corrected chi connectivity index (χ4v) is 3.18. The molecule has 3 heterocycles. The maximum absolute atomic E-state index is 5.31. The molecule has 20 heavy (non-hydrogen) atoms. The van der Waals surface area contributed by atoms with Crippen molar-refractivity contribution in [2.24, 2.45) is 0 Å². The van der Waals surface area contributed by atoms with Crippen LogP contribution >= 0.6 is 11.3 Å². The molecule has 1 fully saturated rings. The van der Waals surface area contributed by atoms with E-state index in [1.165, 1.54) is 0 Å². The first-order valence-electron chi connectivity index (χ1n) is 7.13. The predicted octanol–water partition coefficient (Wildman–Crippen LogP) is 2.02. The minimum atomic E-state index is 0.595. The molecule has 1 unspecified atom stereocenters. The third-order valence-corrected chi connectivity index (χ3v) is 4.39. The molecule has 1 N–H and O–H groups in total. The topological polar surface area (TPSA) is 54.2 Å². The molecule has 0 saturated carbocycles. The van der Waals surface area contributed by atoms with Gasteiger partial charge in [-0.15, -0.1) is 11.3 Å².